The highest BCUT2D eigenvalue weighted by Crippen LogP contribution is 2.37. The van der Waals surface area contributed by atoms with Gasteiger partial charge < -0.3 is 4.43 Å². The molecule has 0 aliphatic rings. The lowest BCUT2D eigenvalue weighted by molar-refractivity contribution is 0.243. The van der Waals surface area contributed by atoms with Gasteiger partial charge in [0.15, 0.2) is 0 Å². The normalized spacial score (nSPS) is 13.1. The minimum atomic E-state index is -2.64. The molecule has 124 valence electrons. The molecule has 0 saturated heterocycles. The predicted octanol–water partition coefficient (Wildman–Crippen LogP) is 4.03. The van der Waals surface area contributed by atoms with Gasteiger partial charge in [-0.05, 0) is 15.4 Å². The molecule has 0 aliphatic heterocycles. The van der Waals surface area contributed by atoms with Crippen molar-refractivity contribution in [3.05, 3.63) is 73.3 Å². The maximum absolute atomic E-state index is 9.58. The van der Waals surface area contributed by atoms with Gasteiger partial charge in [-0.15, -0.1) is 6.58 Å². The van der Waals surface area contributed by atoms with Crippen molar-refractivity contribution in [2.75, 3.05) is 0 Å². The van der Waals surface area contributed by atoms with E-state index >= 15 is 0 Å². The summed E-state index contributed by atoms with van der Waals surface area (Å²) in [7, 11) is -2.64. The van der Waals surface area contributed by atoms with Crippen LogP contribution in [-0.4, -0.2) is 14.4 Å². The highest BCUT2D eigenvalue weighted by molar-refractivity contribution is 6.99. The molecule has 0 aromatic heterocycles. The van der Waals surface area contributed by atoms with E-state index in [1.165, 1.54) is 10.4 Å². The Labute approximate surface area is 146 Å². The van der Waals surface area contributed by atoms with Crippen molar-refractivity contribution in [1.29, 1.82) is 5.26 Å². The molecule has 0 spiro atoms. The first-order valence-corrected chi connectivity index (χ1v) is 10.2. The van der Waals surface area contributed by atoms with Gasteiger partial charge in [0.1, 0.15) is 6.10 Å². The quantitative estimate of drug-likeness (QED) is 0.590. The summed E-state index contributed by atoms with van der Waals surface area (Å²) in [6, 6.07) is 23.1. The molecule has 0 radical (unpaired) electrons. The van der Waals surface area contributed by atoms with E-state index < -0.39 is 14.4 Å². The first-order valence-electron chi connectivity index (χ1n) is 8.25. The molecular formula is C21H25NOSi. The summed E-state index contributed by atoms with van der Waals surface area (Å²) in [5.74, 6) is 0. The first kappa shape index (κ1) is 18.2. The van der Waals surface area contributed by atoms with E-state index in [-0.39, 0.29) is 5.04 Å². The number of nitriles is 1. The maximum Gasteiger partial charge on any atom is 0.262 e. The van der Waals surface area contributed by atoms with Gasteiger partial charge in [0, 0.05) is 6.42 Å². The first-order chi connectivity index (χ1) is 11.5. The molecule has 2 aromatic carbocycles. The van der Waals surface area contributed by atoms with Crippen LogP contribution in [0.1, 0.15) is 27.2 Å². The van der Waals surface area contributed by atoms with Gasteiger partial charge in [-0.3, -0.25) is 0 Å². The van der Waals surface area contributed by atoms with Crippen LogP contribution in [0, 0.1) is 11.3 Å². The number of rotatable bonds is 6. The molecule has 1 atom stereocenters. The number of nitrogens with zero attached hydrogens (tertiary/aromatic N) is 1. The van der Waals surface area contributed by atoms with Gasteiger partial charge in [0.05, 0.1) is 6.07 Å². The van der Waals surface area contributed by atoms with Crippen LogP contribution in [0.15, 0.2) is 73.3 Å². The molecule has 0 fully saturated rings. The van der Waals surface area contributed by atoms with Gasteiger partial charge in [0.25, 0.3) is 8.32 Å². The second-order valence-corrected chi connectivity index (χ2v) is 11.2. The van der Waals surface area contributed by atoms with E-state index in [0.717, 1.165) is 0 Å². The van der Waals surface area contributed by atoms with Crippen molar-refractivity contribution in [1.82, 2.24) is 0 Å². The summed E-state index contributed by atoms with van der Waals surface area (Å²) in [6.45, 7) is 10.4. The zero-order valence-electron chi connectivity index (χ0n) is 14.7. The summed E-state index contributed by atoms with van der Waals surface area (Å²) in [6.07, 6.45) is 1.79. The molecule has 0 amide bonds. The Kier molecular flexibility index (Phi) is 5.77. The smallest absolute Gasteiger partial charge is 0.262 e. The number of benzene rings is 2. The fraction of sp³-hybridized carbons (Fsp3) is 0.286. The molecular weight excluding hydrogens is 310 g/mol. The van der Waals surface area contributed by atoms with Crippen molar-refractivity contribution >= 4 is 18.7 Å². The minimum absolute atomic E-state index is 0.119. The van der Waals surface area contributed by atoms with Crippen LogP contribution >= 0.6 is 0 Å². The molecule has 24 heavy (non-hydrogen) atoms. The van der Waals surface area contributed by atoms with Crippen LogP contribution in [0.5, 0.6) is 0 Å². The largest absolute Gasteiger partial charge is 0.391 e. The standard InChI is InChI=1S/C21H25NOSi/c1-5-12-18(17-22)23-24(21(2,3)4,19-13-8-6-9-14-19)20-15-10-7-11-16-20/h5-11,13-16,18H,1,12H2,2-4H3/t18-/m1/s1. The van der Waals surface area contributed by atoms with Gasteiger partial charge in [-0.2, -0.15) is 5.26 Å². The monoisotopic (exact) mass is 335 g/mol. The molecule has 2 rings (SSSR count). The Hall–Kier alpha value is -2.15. The summed E-state index contributed by atoms with van der Waals surface area (Å²) in [4.78, 5) is 0. The lowest BCUT2D eigenvalue weighted by Gasteiger charge is -2.44. The fourth-order valence-corrected chi connectivity index (χ4v) is 7.77. The topological polar surface area (TPSA) is 33.0 Å². The summed E-state index contributed by atoms with van der Waals surface area (Å²) < 4.78 is 6.67. The molecule has 0 saturated carbocycles. The number of hydrogen-bond donors (Lipinski definition) is 0. The Morgan fingerprint density at radius 3 is 1.83 bits per heavy atom. The van der Waals surface area contributed by atoms with E-state index in [1.807, 2.05) is 36.4 Å². The summed E-state index contributed by atoms with van der Waals surface area (Å²) >= 11 is 0. The van der Waals surface area contributed by atoms with E-state index in [1.54, 1.807) is 6.08 Å². The van der Waals surface area contributed by atoms with Gasteiger partial charge in [-0.1, -0.05) is 87.5 Å². The molecule has 2 aromatic rings. The van der Waals surface area contributed by atoms with Gasteiger partial charge in [0.2, 0.25) is 0 Å². The van der Waals surface area contributed by atoms with E-state index in [4.69, 9.17) is 4.43 Å². The third kappa shape index (κ3) is 3.51. The Balaban J connectivity index is 2.70. The van der Waals surface area contributed by atoms with Gasteiger partial charge in [-0.25, -0.2) is 0 Å². The summed E-state index contributed by atoms with van der Waals surface area (Å²) in [5, 5.41) is 11.8. The zero-order chi connectivity index (χ0) is 17.6. The van der Waals surface area contributed by atoms with Gasteiger partial charge >= 0.3 is 0 Å². The SMILES string of the molecule is C=CC[C@H](C#N)O[Si](c1ccccc1)(c1ccccc1)C(C)(C)C. The molecule has 0 bridgehead atoms. The molecule has 0 heterocycles. The molecule has 0 N–H and O–H groups in total. The van der Waals surface area contributed by atoms with Crippen molar-refractivity contribution in [3.8, 4) is 6.07 Å². The molecule has 0 unspecified atom stereocenters. The third-order valence-electron chi connectivity index (χ3n) is 4.26. The predicted molar refractivity (Wildman–Crippen MR) is 103 cm³/mol. The molecule has 0 aliphatic carbocycles. The summed E-state index contributed by atoms with van der Waals surface area (Å²) in [5.41, 5.74) is 0. The molecule has 3 heteroatoms. The highest BCUT2D eigenvalue weighted by atomic mass is 28.4. The van der Waals surface area contributed by atoms with Crippen molar-refractivity contribution in [3.63, 3.8) is 0 Å². The average molecular weight is 336 g/mol. The maximum atomic E-state index is 9.58. The zero-order valence-corrected chi connectivity index (χ0v) is 15.7. The van der Waals surface area contributed by atoms with E-state index in [9.17, 15) is 5.26 Å². The second kappa shape index (κ2) is 7.61. The minimum Gasteiger partial charge on any atom is -0.391 e. The van der Waals surface area contributed by atoms with Crippen LogP contribution in [0.3, 0.4) is 0 Å². The number of hydrogen-bond acceptors (Lipinski definition) is 2. The van der Waals surface area contributed by atoms with E-state index in [2.05, 4.69) is 57.7 Å². The van der Waals surface area contributed by atoms with Crippen LogP contribution in [0.25, 0.3) is 0 Å². The highest BCUT2D eigenvalue weighted by Gasteiger charge is 2.51. The second-order valence-electron chi connectivity index (χ2n) is 6.92. The van der Waals surface area contributed by atoms with Crippen molar-refractivity contribution in [2.45, 2.75) is 38.3 Å². The third-order valence-corrected chi connectivity index (χ3v) is 9.30. The van der Waals surface area contributed by atoms with Crippen molar-refractivity contribution < 1.29 is 4.43 Å². The Morgan fingerprint density at radius 1 is 1.04 bits per heavy atom. The Morgan fingerprint density at radius 2 is 1.50 bits per heavy atom. The van der Waals surface area contributed by atoms with Crippen LogP contribution in [-0.2, 0) is 4.43 Å². The Bertz CT molecular complexity index is 659. The van der Waals surface area contributed by atoms with Crippen LogP contribution in [0.4, 0.5) is 0 Å². The average Bonchev–Trinajstić information content (AvgIpc) is 2.59. The fourth-order valence-electron chi connectivity index (χ4n) is 3.18. The lowest BCUT2D eigenvalue weighted by Crippen LogP contribution is -2.67. The van der Waals surface area contributed by atoms with Crippen LogP contribution < -0.4 is 10.4 Å². The lowest BCUT2D eigenvalue weighted by atomic mass is 10.2. The van der Waals surface area contributed by atoms with E-state index in [0.29, 0.717) is 6.42 Å². The molecule has 2 nitrogen and oxygen atoms in total. The van der Waals surface area contributed by atoms with Crippen LogP contribution in [0.2, 0.25) is 5.04 Å². The van der Waals surface area contributed by atoms with Crippen molar-refractivity contribution in [2.24, 2.45) is 0 Å².